The lowest BCUT2D eigenvalue weighted by molar-refractivity contribution is 0.575. The van der Waals surface area contributed by atoms with Gasteiger partial charge in [0.25, 0.3) is 0 Å². The highest BCUT2D eigenvalue weighted by molar-refractivity contribution is 5.44. The highest BCUT2D eigenvalue weighted by atomic mass is 19.1. The predicted molar refractivity (Wildman–Crippen MR) is 72.2 cm³/mol. The second kappa shape index (κ2) is 6.50. The second-order valence-corrected chi connectivity index (χ2v) is 4.49. The van der Waals surface area contributed by atoms with Crippen molar-refractivity contribution in [2.75, 3.05) is 24.5 Å². The fraction of sp³-hybridized carbons (Fsp3) is 0.500. The third-order valence-corrected chi connectivity index (χ3v) is 3.05. The Kier molecular flexibility index (Phi) is 4.70. The minimum absolute atomic E-state index is 0.184. The third-order valence-electron chi connectivity index (χ3n) is 3.05. The number of aromatic nitrogens is 1. The summed E-state index contributed by atoms with van der Waals surface area (Å²) in [6, 6.07) is 1.75. The van der Waals surface area contributed by atoms with E-state index in [0.717, 1.165) is 32.5 Å². The predicted octanol–water partition coefficient (Wildman–Crippen LogP) is 2.49. The van der Waals surface area contributed by atoms with Crippen LogP contribution in [-0.2, 0) is 6.54 Å². The van der Waals surface area contributed by atoms with E-state index in [1.165, 1.54) is 0 Å². The molecule has 4 heteroatoms. The number of halogens is 1. The van der Waals surface area contributed by atoms with Crippen LogP contribution >= 0.6 is 0 Å². The lowest BCUT2D eigenvalue weighted by Gasteiger charge is -2.25. The molecule has 1 N–H and O–H groups in total. The second-order valence-electron chi connectivity index (χ2n) is 4.49. The summed E-state index contributed by atoms with van der Waals surface area (Å²) in [5, 5.41) is 3.22. The molecule has 98 valence electrons. The number of anilines is 1. The summed E-state index contributed by atoms with van der Waals surface area (Å²) in [6.07, 6.45) is 7.89. The largest absolute Gasteiger partial charge is 0.350 e. The summed E-state index contributed by atoms with van der Waals surface area (Å²) in [5.41, 5.74) is 0.697. The van der Waals surface area contributed by atoms with E-state index in [-0.39, 0.29) is 5.82 Å². The SMILES string of the molecule is CCCNCc1ccnc(N2CC=CCC2)c1F. The quantitative estimate of drug-likeness (QED) is 0.642. The van der Waals surface area contributed by atoms with Crippen LogP contribution in [-0.4, -0.2) is 24.6 Å². The summed E-state index contributed by atoms with van der Waals surface area (Å²) >= 11 is 0. The summed E-state index contributed by atoms with van der Waals surface area (Å²) < 4.78 is 14.3. The molecule has 0 atom stereocenters. The summed E-state index contributed by atoms with van der Waals surface area (Å²) in [7, 11) is 0. The molecule has 1 aromatic heterocycles. The van der Waals surface area contributed by atoms with Gasteiger partial charge in [-0.25, -0.2) is 9.37 Å². The standard InChI is InChI=1S/C14H20FN3/c1-2-7-16-11-12-6-8-17-14(13(12)15)18-9-4-3-5-10-18/h3-4,6,8,16H,2,5,7,9-11H2,1H3. The Morgan fingerprint density at radius 3 is 3.06 bits per heavy atom. The van der Waals surface area contributed by atoms with Gasteiger partial charge in [0.1, 0.15) is 0 Å². The monoisotopic (exact) mass is 249 g/mol. The van der Waals surface area contributed by atoms with E-state index in [1.807, 2.05) is 4.90 Å². The Morgan fingerprint density at radius 1 is 1.44 bits per heavy atom. The fourth-order valence-corrected chi connectivity index (χ4v) is 2.06. The maximum atomic E-state index is 14.3. The molecule has 1 aliphatic heterocycles. The Labute approximate surface area is 108 Å². The zero-order valence-electron chi connectivity index (χ0n) is 10.8. The van der Waals surface area contributed by atoms with Crippen LogP contribution in [0, 0.1) is 5.82 Å². The Bertz CT molecular complexity index is 418. The van der Waals surface area contributed by atoms with Crippen molar-refractivity contribution >= 4 is 5.82 Å². The third kappa shape index (κ3) is 3.07. The molecule has 18 heavy (non-hydrogen) atoms. The molecule has 0 radical (unpaired) electrons. The van der Waals surface area contributed by atoms with Crippen molar-refractivity contribution in [2.24, 2.45) is 0 Å². The number of nitrogens with zero attached hydrogens (tertiary/aromatic N) is 2. The maximum absolute atomic E-state index is 14.3. The fourth-order valence-electron chi connectivity index (χ4n) is 2.06. The van der Waals surface area contributed by atoms with Gasteiger partial charge < -0.3 is 10.2 Å². The molecule has 0 aliphatic carbocycles. The minimum Gasteiger partial charge on any atom is -0.350 e. The molecule has 0 saturated heterocycles. The lowest BCUT2D eigenvalue weighted by Crippen LogP contribution is -2.29. The number of hydrogen-bond acceptors (Lipinski definition) is 3. The summed E-state index contributed by atoms with van der Waals surface area (Å²) in [4.78, 5) is 6.16. The first-order chi connectivity index (χ1) is 8.83. The Morgan fingerprint density at radius 2 is 2.33 bits per heavy atom. The molecule has 0 aromatic carbocycles. The highest BCUT2D eigenvalue weighted by Crippen LogP contribution is 2.21. The van der Waals surface area contributed by atoms with Crippen molar-refractivity contribution in [3.8, 4) is 0 Å². The van der Waals surface area contributed by atoms with Gasteiger partial charge in [0.15, 0.2) is 11.6 Å². The van der Waals surface area contributed by atoms with E-state index in [0.29, 0.717) is 17.9 Å². The number of pyridine rings is 1. The molecule has 3 nitrogen and oxygen atoms in total. The van der Waals surface area contributed by atoms with Crippen molar-refractivity contribution in [1.29, 1.82) is 0 Å². The van der Waals surface area contributed by atoms with Gasteiger partial charge in [0, 0.05) is 31.4 Å². The minimum atomic E-state index is -0.184. The Hall–Kier alpha value is -1.42. The van der Waals surface area contributed by atoms with Crippen LogP contribution in [0.15, 0.2) is 24.4 Å². The van der Waals surface area contributed by atoms with E-state index < -0.39 is 0 Å². The van der Waals surface area contributed by atoms with Crippen molar-refractivity contribution in [2.45, 2.75) is 26.3 Å². The number of hydrogen-bond donors (Lipinski definition) is 1. The molecule has 0 fully saturated rings. The van der Waals surface area contributed by atoms with E-state index in [1.54, 1.807) is 12.3 Å². The van der Waals surface area contributed by atoms with Crippen LogP contribution in [0.5, 0.6) is 0 Å². The van der Waals surface area contributed by atoms with Crippen LogP contribution in [0.4, 0.5) is 10.2 Å². The maximum Gasteiger partial charge on any atom is 0.170 e. The Balaban J connectivity index is 2.11. The van der Waals surface area contributed by atoms with E-state index in [9.17, 15) is 4.39 Å². The summed E-state index contributed by atoms with van der Waals surface area (Å²) in [6.45, 7) is 5.16. The molecule has 2 heterocycles. The average molecular weight is 249 g/mol. The van der Waals surface area contributed by atoms with E-state index in [4.69, 9.17) is 0 Å². The molecular weight excluding hydrogens is 229 g/mol. The molecule has 1 aliphatic rings. The molecule has 0 bridgehead atoms. The molecular formula is C14H20FN3. The summed E-state index contributed by atoms with van der Waals surface area (Å²) in [5.74, 6) is 0.298. The van der Waals surface area contributed by atoms with Crippen molar-refractivity contribution in [3.63, 3.8) is 0 Å². The zero-order chi connectivity index (χ0) is 12.8. The normalized spacial score (nSPS) is 15.1. The molecule has 0 spiro atoms. The van der Waals surface area contributed by atoms with Gasteiger partial charge in [-0.15, -0.1) is 0 Å². The highest BCUT2D eigenvalue weighted by Gasteiger charge is 2.16. The smallest absolute Gasteiger partial charge is 0.170 e. The van der Waals surface area contributed by atoms with Crippen LogP contribution in [0.2, 0.25) is 0 Å². The molecule has 0 saturated carbocycles. The van der Waals surface area contributed by atoms with Gasteiger partial charge in [-0.05, 0) is 25.5 Å². The molecule has 1 aromatic rings. The number of rotatable bonds is 5. The van der Waals surface area contributed by atoms with Gasteiger partial charge in [0.05, 0.1) is 0 Å². The lowest BCUT2D eigenvalue weighted by atomic mass is 10.2. The van der Waals surface area contributed by atoms with E-state index in [2.05, 4.69) is 29.4 Å². The van der Waals surface area contributed by atoms with Crippen molar-refractivity contribution in [3.05, 3.63) is 35.8 Å². The molecule has 0 amide bonds. The van der Waals surface area contributed by atoms with Crippen molar-refractivity contribution in [1.82, 2.24) is 10.3 Å². The van der Waals surface area contributed by atoms with Gasteiger partial charge in [-0.1, -0.05) is 19.1 Å². The molecule has 2 rings (SSSR count). The van der Waals surface area contributed by atoms with Crippen LogP contribution < -0.4 is 10.2 Å². The van der Waals surface area contributed by atoms with Gasteiger partial charge in [0.2, 0.25) is 0 Å². The average Bonchev–Trinajstić information content (AvgIpc) is 2.42. The molecule has 0 unspecified atom stereocenters. The van der Waals surface area contributed by atoms with Gasteiger partial charge in [-0.2, -0.15) is 0 Å². The van der Waals surface area contributed by atoms with Crippen LogP contribution in [0.25, 0.3) is 0 Å². The first-order valence-electron chi connectivity index (χ1n) is 6.57. The van der Waals surface area contributed by atoms with Crippen molar-refractivity contribution < 1.29 is 4.39 Å². The first-order valence-corrected chi connectivity index (χ1v) is 6.57. The van der Waals surface area contributed by atoms with Gasteiger partial charge >= 0.3 is 0 Å². The topological polar surface area (TPSA) is 28.2 Å². The first kappa shape index (κ1) is 13.0. The van der Waals surface area contributed by atoms with Crippen LogP contribution in [0.3, 0.4) is 0 Å². The zero-order valence-corrected chi connectivity index (χ0v) is 10.8. The van der Waals surface area contributed by atoms with Crippen LogP contribution in [0.1, 0.15) is 25.3 Å². The number of nitrogens with one attached hydrogen (secondary N) is 1. The van der Waals surface area contributed by atoms with E-state index >= 15 is 0 Å². The van der Waals surface area contributed by atoms with Gasteiger partial charge in [-0.3, -0.25) is 0 Å².